The van der Waals surface area contributed by atoms with Crippen molar-refractivity contribution in [2.75, 3.05) is 0 Å². The zero-order valence-electron chi connectivity index (χ0n) is 10.3. The molecule has 2 rings (SSSR count). The number of hydrogen-bond donors (Lipinski definition) is 0. The van der Waals surface area contributed by atoms with Crippen LogP contribution < -0.4 is 0 Å². The predicted molar refractivity (Wildman–Crippen MR) is 68.3 cm³/mol. The van der Waals surface area contributed by atoms with E-state index < -0.39 is 0 Å². The van der Waals surface area contributed by atoms with Crippen LogP contribution in [0, 0.1) is 18.3 Å². The van der Waals surface area contributed by atoms with Crippen LogP contribution in [0.25, 0.3) is 11.4 Å². The molecule has 3 nitrogen and oxygen atoms in total. The zero-order chi connectivity index (χ0) is 12.7. The Morgan fingerprint density at radius 2 is 1.53 bits per heavy atom. The summed E-state index contributed by atoms with van der Waals surface area (Å²) in [5, 5.41) is 8.65. The summed E-state index contributed by atoms with van der Waals surface area (Å²) in [4.78, 5) is 8.42. The second kappa shape index (κ2) is 6.39. The molecule has 1 aromatic heterocycles. The van der Waals surface area contributed by atoms with Crippen LogP contribution in [0.4, 0.5) is 0 Å². The summed E-state index contributed by atoms with van der Waals surface area (Å²) in [6.45, 7) is 5.95. The number of nitriles is 1. The highest BCUT2D eigenvalue weighted by Crippen LogP contribution is 2.14. The first-order chi connectivity index (χ1) is 8.29. The van der Waals surface area contributed by atoms with Crippen molar-refractivity contribution >= 4 is 0 Å². The van der Waals surface area contributed by atoms with E-state index in [-0.39, 0.29) is 0 Å². The average Bonchev–Trinajstić information content (AvgIpc) is 2.42. The van der Waals surface area contributed by atoms with Crippen molar-refractivity contribution in [3.8, 4) is 17.5 Å². The number of nitrogens with zero attached hydrogens (tertiary/aromatic N) is 3. The Labute approximate surface area is 102 Å². The Balaban J connectivity index is 0.000000686. The molecule has 0 aliphatic carbocycles. The largest absolute Gasteiger partial charge is 0.236 e. The first-order valence-electron chi connectivity index (χ1n) is 5.59. The Bertz CT molecular complexity index is 492. The molecule has 0 fully saturated rings. The fourth-order valence-electron chi connectivity index (χ4n) is 1.24. The Morgan fingerprint density at radius 1 is 1.00 bits per heavy atom. The van der Waals surface area contributed by atoms with E-state index in [4.69, 9.17) is 5.26 Å². The van der Waals surface area contributed by atoms with Gasteiger partial charge in [-0.05, 0) is 36.8 Å². The molecule has 86 valence electrons. The van der Waals surface area contributed by atoms with Crippen molar-refractivity contribution in [2.45, 2.75) is 20.8 Å². The minimum atomic E-state index is 0.644. The second-order valence-corrected chi connectivity index (χ2v) is 3.27. The third kappa shape index (κ3) is 3.39. The van der Waals surface area contributed by atoms with Crippen LogP contribution in [-0.4, -0.2) is 9.97 Å². The van der Waals surface area contributed by atoms with Gasteiger partial charge in [0.15, 0.2) is 5.82 Å². The minimum absolute atomic E-state index is 0.644. The van der Waals surface area contributed by atoms with Gasteiger partial charge in [0.2, 0.25) is 0 Å². The van der Waals surface area contributed by atoms with E-state index in [9.17, 15) is 0 Å². The lowest BCUT2D eigenvalue weighted by atomic mass is 10.1. The highest BCUT2D eigenvalue weighted by atomic mass is 14.9. The molecular formula is C14H15N3. The van der Waals surface area contributed by atoms with Gasteiger partial charge >= 0.3 is 0 Å². The van der Waals surface area contributed by atoms with Crippen molar-refractivity contribution in [2.24, 2.45) is 0 Å². The van der Waals surface area contributed by atoms with Crippen LogP contribution >= 0.6 is 0 Å². The number of aryl methyl sites for hydroxylation is 1. The molecule has 2 aromatic rings. The predicted octanol–water partition coefficient (Wildman–Crippen LogP) is 3.35. The Morgan fingerprint density at radius 3 is 2.00 bits per heavy atom. The smallest absolute Gasteiger partial charge is 0.159 e. The maximum Gasteiger partial charge on any atom is 0.159 e. The van der Waals surface area contributed by atoms with Crippen molar-refractivity contribution in [3.05, 3.63) is 47.8 Å². The van der Waals surface area contributed by atoms with Gasteiger partial charge in [-0.25, -0.2) is 9.97 Å². The molecule has 0 aliphatic heterocycles. The zero-order valence-corrected chi connectivity index (χ0v) is 10.3. The fraction of sp³-hybridized carbons (Fsp3) is 0.214. The molecule has 0 atom stereocenters. The normalized spacial score (nSPS) is 8.82. The summed E-state index contributed by atoms with van der Waals surface area (Å²) in [7, 11) is 0. The van der Waals surface area contributed by atoms with Gasteiger partial charge in [-0.15, -0.1) is 0 Å². The third-order valence-corrected chi connectivity index (χ3v) is 2.05. The van der Waals surface area contributed by atoms with Crippen LogP contribution in [0.15, 0.2) is 36.7 Å². The summed E-state index contributed by atoms with van der Waals surface area (Å²) in [5.41, 5.74) is 2.60. The Hall–Kier alpha value is -2.21. The van der Waals surface area contributed by atoms with Crippen molar-refractivity contribution in [3.63, 3.8) is 0 Å². The topological polar surface area (TPSA) is 49.6 Å². The van der Waals surface area contributed by atoms with Gasteiger partial charge < -0.3 is 0 Å². The van der Waals surface area contributed by atoms with E-state index in [1.54, 1.807) is 24.5 Å². The van der Waals surface area contributed by atoms with Gasteiger partial charge in [0, 0.05) is 18.0 Å². The van der Waals surface area contributed by atoms with E-state index in [1.165, 1.54) is 0 Å². The van der Waals surface area contributed by atoms with Gasteiger partial charge in [-0.2, -0.15) is 5.26 Å². The summed E-state index contributed by atoms with van der Waals surface area (Å²) < 4.78 is 0. The molecule has 1 heterocycles. The number of rotatable bonds is 1. The van der Waals surface area contributed by atoms with E-state index >= 15 is 0 Å². The van der Waals surface area contributed by atoms with Crippen LogP contribution in [0.2, 0.25) is 0 Å². The Kier molecular flexibility index (Phi) is 4.83. The first kappa shape index (κ1) is 12.9. The molecule has 0 radical (unpaired) electrons. The molecule has 0 N–H and O–H groups in total. The van der Waals surface area contributed by atoms with Crippen LogP contribution in [-0.2, 0) is 0 Å². The molecule has 0 saturated carbocycles. The summed E-state index contributed by atoms with van der Waals surface area (Å²) >= 11 is 0. The lowest BCUT2D eigenvalue weighted by molar-refractivity contribution is 1.14. The van der Waals surface area contributed by atoms with Crippen LogP contribution in [0.5, 0.6) is 0 Å². The molecule has 0 spiro atoms. The van der Waals surface area contributed by atoms with Crippen LogP contribution in [0.3, 0.4) is 0 Å². The lowest BCUT2D eigenvalue weighted by Gasteiger charge is -1.99. The molecular weight excluding hydrogens is 210 g/mol. The molecule has 0 unspecified atom stereocenters. The number of benzene rings is 1. The van der Waals surface area contributed by atoms with Gasteiger partial charge in [0.25, 0.3) is 0 Å². The SMILES string of the molecule is CC.Cc1cnc(-c2ccc(C#N)cc2)nc1. The highest BCUT2D eigenvalue weighted by Gasteiger charge is 1.99. The molecule has 1 aromatic carbocycles. The second-order valence-electron chi connectivity index (χ2n) is 3.27. The van der Waals surface area contributed by atoms with E-state index in [0.717, 1.165) is 11.1 Å². The van der Waals surface area contributed by atoms with Gasteiger partial charge in [0.1, 0.15) is 0 Å². The van der Waals surface area contributed by atoms with Gasteiger partial charge in [-0.3, -0.25) is 0 Å². The first-order valence-corrected chi connectivity index (χ1v) is 5.59. The van der Waals surface area contributed by atoms with E-state index in [0.29, 0.717) is 11.4 Å². The third-order valence-electron chi connectivity index (χ3n) is 2.05. The van der Waals surface area contributed by atoms with Gasteiger partial charge in [-0.1, -0.05) is 13.8 Å². The monoisotopic (exact) mass is 225 g/mol. The van der Waals surface area contributed by atoms with Crippen molar-refractivity contribution < 1.29 is 0 Å². The summed E-state index contributed by atoms with van der Waals surface area (Å²) in [6.07, 6.45) is 3.56. The summed E-state index contributed by atoms with van der Waals surface area (Å²) in [6, 6.07) is 9.30. The van der Waals surface area contributed by atoms with Crippen LogP contribution in [0.1, 0.15) is 25.0 Å². The van der Waals surface area contributed by atoms with Gasteiger partial charge in [0.05, 0.1) is 11.6 Å². The molecule has 0 amide bonds. The van der Waals surface area contributed by atoms with Crippen molar-refractivity contribution in [1.82, 2.24) is 9.97 Å². The quantitative estimate of drug-likeness (QED) is 0.747. The molecule has 17 heavy (non-hydrogen) atoms. The summed E-state index contributed by atoms with van der Waals surface area (Å²) in [5.74, 6) is 0.685. The maximum atomic E-state index is 8.65. The molecule has 0 bridgehead atoms. The average molecular weight is 225 g/mol. The minimum Gasteiger partial charge on any atom is -0.236 e. The highest BCUT2D eigenvalue weighted by molar-refractivity contribution is 5.56. The fourth-order valence-corrected chi connectivity index (χ4v) is 1.24. The molecule has 0 saturated heterocycles. The standard InChI is InChI=1S/C12H9N3.C2H6/c1-9-7-14-12(15-8-9)11-4-2-10(6-13)3-5-11;1-2/h2-5,7-8H,1H3;1-2H3. The number of aromatic nitrogens is 2. The number of hydrogen-bond acceptors (Lipinski definition) is 3. The maximum absolute atomic E-state index is 8.65. The van der Waals surface area contributed by atoms with E-state index in [2.05, 4.69) is 16.0 Å². The lowest BCUT2D eigenvalue weighted by Crippen LogP contribution is -1.88. The van der Waals surface area contributed by atoms with Crippen molar-refractivity contribution in [1.29, 1.82) is 5.26 Å². The molecule has 0 aliphatic rings. The van der Waals surface area contributed by atoms with E-state index in [1.807, 2.05) is 32.9 Å². The molecule has 3 heteroatoms.